The fraction of sp³-hybridized carbons (Fsp3) is 0. The van der Waals surface area contributed by atoms with Crippen molar-refractivity contribution in [1.29, 1.82) is 0 Å². The summed E-state index contributed by atoms with van der Waals surface area (Å²) in [5.74, 6) is 0. The number of hydrogen-bond donors (Lipinski definition) is 0. The third-order valence-corrected chi connectivity index (χ3v) is 5.63. The van der Waals surface area contributed by atoms with Crippen LogP contribution in [0.5, 0.6) is 0 Å². The quantitative estimate of drug-likeness (QED) is 0.305. The van der Waals surface area contributed by atoms with Gasteiger partial charge in [0.2, 0.25) is 0 Å². The average Bonchev–Trinajstić information content (AvgIpc) is 3.20. The normalized spacial score (nSPS) is 11.3. The van der Waals surface area contributed by atoms with E-state index in [-0.39, 0.29) is 0 Å². The van der Waals surface area contributed by atoms with Crippen LogP contribution in [0.2, 0.25) is 0 Å². The van der Waals surface area contributed by atoms with Gasteiger partial charge >= 0.3 is 0 Å². The zero-order valence-electron chi connectivity index (χ0n) is 16.3. The lowest BCUT2D eigenvalue weighted by atomic mass is 10.0. The highest BCUT2D eigenvalue weighted by molar-refractivity contribution is 6.19. The van der Waals surface area contributed by atoms with Crippen molar-refractivity contribution in [2.24, 2.45) is 0 Å². The minimum absolute atomic E-state index is 0.917. The summed E-state index contributed by atoms with van der Waals surface area (Å²) in [5.41, 5.74) is 5.19. The topological polar surface area (TPSA) is 16.4 Å². The molecular formula is C28H19NO. The van der Waals surface area contributed by atoms with Crippen LogP contribution in [0, 0.1) is 0 Å². The van der Waals surface area contributed by atoms with Crippen LogP contribution in [0.1, 0.15) is 0 Å². The van der Waals surface area contributed by atoms with Crippen LogP contribution in [0.4, 0.5) is 17.1 Å². The van der Waals surface area contributed by atoms with Gasteiger partial charge in [-0.3, -0.25) is 0 Å². The Hall–Kier alpha value is -4.04. The summed E-state index contributed by atoms with van der Waals surface area (Å²) < 4.78 is 6.40. The summed E-state index contributed by atoms with van der Waals surface area (Å²) in [6.07, 6.45) is 0. The van der Waals surface area contributed by atoms with Crippen LogP contribution < -0.4 is 4.90 Å². The molecule has 6 rings (SSSR count). The second-order valence-electron chi connectivity index (χ2n) is 7.42. The molecule has 0 aliphatic rings. The van der Waals surface area contributed by atoms with Crippen molar-refractivity contribution in [3.8, 4) is 0 Å². The van der Waals surface area contributed by atoms with E-state index in [0.29, 0.717) is 0 Å². The molecule has 0 amide bonds. The number of anilines is 3. The second kappa shape index (κ2) is 6.78. The Morgan fingerprint density at radius 2 is 1.17 bits per heavy atom. The first kappa shape index (κ1) is 16.9. The van der Waals surface area contributed by atoms with Crippen LogP contribution in [0.25, 0.3) is 32.7 Å². The highest BCUT2D eigenvalue weighted by Gasteiger charge is 2.18. The van der Waals surface area contributed by atoms with Crippen molar-refractivity contribution in [3.63, 3.8) is 0 Å². The molecule has 1 heterocycles. The lowest BCUT2D eigenvalue weighted by molar-refractivity contribution is 0.672. The Balaban J connectivity index is 1.73. The monoisotopic (exact) mass is 385 g/mol. The first-order chi connectivity index (χ1) is 14.9. The number of benzene rings is 5. The van der Waals surface area contributed by atoms with E-state index in [0.717, 1.165) is 49.8 Å². The summed E-state index contributed by atoms with van der Waals surface area (Å²) >= 11 is 0. The van der Waals surface area contributed by atoms with E-state index in [1.54, 1.807) is 0 Å². The smallest absolute Gasteiger partial charge is 0.145 e. The fourth-order valence-electron chi connectivity index (χ4n) is 4.30. The van der Waals surface area contributed by atoms with E-state index >= 15 is 0 Å². The highest BCUT2D eigenvalue weighted by atomic mass is 16.3. The van der Waals surface area contributed by atoms with Crippen LogP contribution in [0.3, 0.4) is 0 Å². The van der Waals surface area contributed by atoms with Gasteiger partial charge in [0, 0.05) is 27.5 Å². The molecule has 30 heavy (non-hydrogen) atoms. The number of nitrogens with zero attached hydrogens (tertiary/aromatic N) is 1. The molecule has 0 atom stereocenters. The van der Waals surface area contributed by atoms with Crippen molar-refractivity contribution in [3.05, 3.63) is 115 Å². The molecule has 2 nitrogen and oxygen atoms in total. The Morgan fingerprint density at radius 3 is 1.90 bits per heavy atom. The molecular weight excluding hydrogens is 366 g/mol. The summed E-state index contributed by atoms with van der Waals surface area (Å²) in [7, 11) is 0. The molecule has 0 unspecified atom stereocenters. The van der Waals surface area contributed by atoms with Crippen molar-refractivity contribution >= 4 is 49.8 Å². The van der Waals surface area contributed by atoms with Gasteiger partial charge in [-0.25, -0.2) is 0 Å². The van der Waals surface area contributed by atoms with Crippen molar-refractivity contribution in [2.75, 3.05) is 4.90 Å². The van der Waals surface area contributed by atoms with Gasteiger partial charge in [0.25, 0.3) is 0 Å². The lowest BCUT2D eigenvalue weighted by Crippen LogP contribution is -2.10. The summed E-state index contributed by atoms with van der Waals surface area (Å²) in [6, 6.07) is 40.0. The van der Waals surface area contributed by atoms with Gasteiger partial charge in [0.1, 0.15) is 11.2 Å². The van der Waals surface area contributed by atoms with Crippen LogP contribution in [0.15, 0.2) is 120 Å². The minimum atomic E-state index is 0.917. The standard InChI is InChI=1S/C28H19NO/c1-3-11-21(12-4-1)29(22-13-5-2-6-14-22)25-16-9-10-20-18-19-24-23-15-7-8-17-26(23)30-28(24)27(20)25/h1-19H. The first-order valence-corrected chi connectivity index (χ1v) is 10.1. The van der Waals surface area contributed by atoms with Crippen molar-refractivity contribution < 1.29 is 4.42 Å². The largest absolute Gasteiger partial charge is 0.455 e. The molecule has 0 aliphatic carbocycles. The van der Waals surface area contributed by atoms with Gasteiger partial charge in [-0.1, -0.05) is 72.8 Å². The van der Waals surface area contributed by atoms with Gasteiger partial charge in [-0.2, -0.15) is 0 Å². The molecule has 0 spiro atoms. The Labute approximate surface area is 174 Å². The molecule has 0 saturated carbocycles. The van der Waals surface area contributed by atoms with Gasteiger partial charge in [-0.15, -0.1) is 0 Å². The Bertz CT molecular complexity index is 1440. The Kier molecular flexibility index (Phi) is 3.82. The maximum absolute atomic E-state index is 6.40. The Morgan fingerprint density at radius 1 is 0.500 bits per heavy atom. The first-order valence-electron chi connectivity index (χ1n) is 10.1. The highest BCUT2D eigenvalue weighted by Crippen LogP contribution is 2.43. The van der Waals surface area contributed by atoms with Gasteiger partial charge < -0.3 is 9.32 Å². The molecule has 0 aliphatic heterocycles. The third kappa shape index (κ3) is 2.58. The van der Waals surface area contributed by atoms with E-state index in [1.165, 1.54) is 0 Å². The van der Waals surface area contributed by atoms with Crippen molar-refractivity contribution in [1.82, 2.24) is 0 Å². The SMILES string of the molecule is c1ccc(N(c2ccccc2)c2cccc3ccc4c5ccccc5oc4c23)cc1. The molecule has 2 heteroatoms. The van der Waals surface area contributed by atoms with Crippen LogP contribution in [-0.4, -0.2) is 0 Å². The van der Waals surface area contributed by atoms with Crippen LogP contribution in [-0.2, 0) is 0 Å². The van der Waals surface area contributed by atoms with Crippen LogP contribution >= 0.6 is 0 Å². The summed E-state index contributed by atoms with van der Waals surface area (Å²) in [4.78, 5) is 2.30. The van der Waals surface area contributed by atoms with Gasteiger partial charge in [0.05, 0.1) is 5.69 Å². The van der Waals surface area contributed by atoms with Gasteiger partial charge in [0.15, 0.2) is 0 Å². The summed E-state index contributed by atoms with van der Waals surface area (Å²) in [5, 5.41) is 4.58. The molecule has 6 aromatic rings. The minimum Gasteiger partial charge on any atom is -0.455 e. The van der Waals surface area contributed by atoms with Gasteiger partial charge in [-0.05, 0) is 47.9 Å². The number of para-hydroxylation sites is 3. The molecule has 0 bridgehead atoms. The number of rotatable bonds is 3. The zero-order valence-corrected chi connectivity index (χ0v) is 16.3. The van der Waals surface area contributed by atoms with E-state index in [4.69, 9.17) is 4.42 Å². The number of hydrogen-bond acceptors (Lipinski definition) is 2. The van der Waals surface area contributed by atoms with E-state index in [2.05, 4.69) is 95.9 Å². The predicted octanol–water partition coefficient (Wildman–Crippen LogP) is 8.21. The third-order valence-electron chi connectivity index (χ3n) is 5.63. The van der Waals surface area contributed by atoms with E-state index in [9.17, 15) is 0 Å². The molecule has 0 radical (unpaired) electrons. The second-order valence-corrected chi connectivity index (χ2v) is 7.42. The molecule has 1 aromatic heterocycles. The molecule has 142 valence electrons. The average molecular weight is 385 g/mol. The van der Waals surface area contributed by atoms with Crippen molar-refractivity contribution in [2.45, 2.75) is 0 Å². The molecule has 0 saturated heterocycles. The molecule has 0 fully saturated rings. The van der Waals surface area contributed by atoms with E-state index in [1.807, 2.05) is 24.3 Å². The number of fused-ring (bicyclic) bond motifs is 5. The number of furan rings is 1. The fourth-order valence-corrected chi connectivity index (χ4v) is 4.30. The maximum Gasteiger partial charge on any atom is 0.145 e. The zero-order chi connectivity index (χ0) is 19.9. The lowest BCUT2D eigenvalue weighted by Gasteiger charge is -2.26. The predicted molar refractivity (Wildman–Crippen MR) is 126 cm³/mol. The molecule has 5 aromatic carbocycles. The summed E-state index contributed by atoms with van der Waals surface area (Å²) in [6.45, 7) is 0. The maximum atomic E-state index is 6.40. The van der Waals surface area contributed by atoms with E-state index < -0.39 is 0 Å². The molecule has 0 N–H and O–H groups in total.